The lowest BCUT2D eigenvalue weighted by Gasteiger charge is -2.32. The quantitative estimate of drug-likeness (QED) is 0.387. The van der Waals surface area contributed by atoms with E-state index in [9.17, 15) is 9.59 Å². The van der Waals surface area contributed by atoms with Crippen LogP contribution in [-0.4, -0.2) is 60.4 Å². The summed E-state index contributed by atoms with van der Waals surface area (Å²) in [6.07, 6.45) is 2.21. The predicted octanol–water partition coefficient (Wildman–Crippen LogP) is 2.63. The van der Waals surface area contributed by atoms with Crippen molar-refractivity contribution < 1.29 is 13.9 Å². The molecule has 6 rings (SSSR count). The van der Waals surface area contributed by atoms with Gasteiger partial charge in [-0.3, -0.25) is 14.5 Å². The zero-order valence-electron chi connectivity index (χ0n) is 18.1. The second-order valence-corrected chi connectivity index (χ2v) is 9.11. The van der Waals surface area contributed by atoms with Crippen LogP contribution < -0.4 is 10.7 Å². The number of ether oxygens (including phenoxy) is 1. The summed E-state index contributed by atoms with van der Waals surface area (Å²) in [4.78, 5) is 30.9. The Balaban J connectivity index is 1.23. The van der Waals surface area contributed by atoms with Crippen molar-refractivity contribution >= 4 is 27.9 Å². The van der Waals surface area contributed by atoms with Crippen LogP contribution in [0.3, 0.4) is 0 Å². The molecule has 3 aliphatic rings. The molecule has 3 aromatic rings. The fourth-order valence-electron chi connectivity index (χ4n) is 5.35. The summed E-state index contributed by atoms with van der Waals surface area (Å²) < 4.78 is 11.9. The zero-order chi connectivity index (χ0) is 21.8. The van der Waals surface area contributed by atoms with Crippen LogP contribution in [0, 0.1) is 0 Å². The van der Waals surface area contributed by atoms with Crippen LogP contribution in [0.2, 0.25) is 0 Å². The maximum atomic E-state index is 13.1. The lowest BCUT2D eigenvalue weighted by Crippen LogP contribution is -2.44. The van der Waals surface area contributed by atoms with Gasteiger partial charge in [-0.2, -0.15) is 0 Å². The first-order valence-electron chi connectivity index (χ1n) is 11.5. The van der Waals surface area contributed by atoms with Gasteiger partial charge in [-0.1, -0.05) is 18.2 Å². The van der Waals surface area contributed by atoms with Gasteiger partial charge in [0.15, 0.2) is 6.23 Å². The highest BCUT2D eigenvalue weighted by atomic mass is 16.6. The third-order valence-electron chi connectivity index (χ3n) is 7.17. The van der Waals surface area contributed by atoms with Gasteiger partial charge >= 0.3 is 5.97 Å². The molecule has 3 saturated heterocycles. The fourth-order valence-corrected chi connectivity index (χ4v) is 5.35. The van der Waals surface area contributed by atoms with Crippen molar-refractivity contribution in [3.8, 4) is 0 Å². The van der Waals surface area contributed by atoms with Gasteiger partial charge in [-0.25, -0.2) is 4.90 Å². The Bertz CT molecular complexity index is 1250. The first-order chi connectivity index (χ1) is 15.6. The lowest BCUT2D eigenvalue weighted by molar-refractivity contribution is -0.160. The van der Waals surface area contributed by atoms with Gasteiger partial charge in [0.1, 0.15) is 11.2 Å². The third-order valence-corrected chi connectivity index (χ3v) is 7.17. The Morgan fingerprint density at radius 1 is 1.16 bits per heavy atom. The first-order valence-corrected chi connectivity index (χ1v) is 11.5. The standard InChI is InChI=1S/C25H27N3O4/c1-15(16-7-8-21-18(13-16)23(29)17-5-2-3-6-20(17)31-21)25(30)32-22-9-12-27-11-4-10-26-14-19-24(27)28(19)22/h2-3,5-8,13,15,19,22,24,26H,4,9-12,14H2,1H3/t15?,19-,22?,24-,28-/m1/s1. The minimum Gasteiger partial charge on any atom is -0.456 e. The van der Waals surface area contributed by atoms with Gasteiger partial charge < -0.3 is 14.5 Å². The van der Waals surface area contributed by atoms with Crippen molar-refractivity contribution in [2.45, 2.75) is 44.1 Å². The monoisotopic (exact) mass is 433 g/mol. The van der Waals surface area contributed by atoms with E-state index in [0.717, 1.165) is 44.6 Å². The van der Waals surface area contributed by atoms with E-state index in [4.69, 9.17) is 9.15 Å². The highest BCUT2D eigenvalue weighted by Crippen LogP contribution is 2.40. The molecule has 7 heteroatoms. The molecule has 2 unspecified atom stereocenters. The molecule has 0 amide bonds. The number of benzene rings is 2. The minimum atomic E-state index is -0.464. The van der Waals surface area contributed by atoms with Crippen molar-refractivity contribution in [1.29, 1.82) is 0 Å². The number of carbonyl (C=O) groups is 1. The molecular weight excluding hydrogens is 406 g/mol. The zero-order valence-corrected chi connectivity index (χ0v) is 18.1. The Morgan fingerprint density at radius 3 is 2.91 bits per heavy atom. The van der Waals surface area contributed by atoms with Crippen LogP contribution in [0.4, 0.5) is 0 Å². The SMILES string of the molecule is CC(C(=O)OC1CCN2CCCNC[C@@H]3[C@H]2[N@@]13)c1ccc2oc3ccccc3c(=O)c2c1. The van der Waals surface area contributed by atoms with Crippen molar-refractivity contribution in [2.75, 3.05) is 26.2 Å². The molecule has 1 N–H and O–H groups in total. The number of hydrogen-bond acceptors (Lipinski definition) is 7. The average Bonchev–Trinajstić information content (AvgIpc) is 3.52. The highest BCUT2D eigenvalue weighted by Gasteiger charge is 2.58. The van der Waals surface area contributed by atoms with E-state index in [1.807, 2.05) is 25.1 Å². The van der Waals surface area contributed by atoms with E-state index in [1.54, 1.807) is 24.3 Å². The van der Waals surface area contributed by atoms with Crippen molar-refractivity contribution in [1.82, 2.24) is 15.1 Å². The molecule has 166 valence electrons. The van der Waals surface area contributed by atoms with Crippen molar-refractivity contribution in [3.05, 3.63) is 58.3 Å². The molecule has 32 heavy (non-hydrogen) atoms. The normalized spacial score (nSPS) is 28.5. The molecule has 2 aromatic carbocycles. The Hall–Kier alpha value is -2.74. The molecule has 0 saturated carbocycles. The minimum absolute atomic E-state index is 0.0792. The predicted molar refractivity (Wildman–Crippen MR) is 121 cm³/mol. The summed E-state index contributed by atoms with van der Waals surface area (Å²) in [5, 5.41) is 4.54. The van der Waals surface area contributed by atoms with E-state index in [0.29, 0.717) is 34.1 Å². The molecule has 1 aromatic heterocycles. The molecule has 3 fully saturated rings. The third kappa shape index (κ3) is 3.23. The fraction of sp³-hybridized carbons (Fsp3) is 0.440. The molecule has 0 bridgehead atoms. The highest BCUT2D eigenvalue weighted by molar-refractivity contribution is 5.90. The van der Waals surface area contributed by atoms with Crippen LogP contribution >= 0.6 is 0 Å². The van der Waals surface area contributed by atoms with Crippen LogP contribution in [0.5, 0.6) is 0 Å². The number of nitrogens with zero attached hydrogens (tertiary/aromatic N) is 2. The number of fused-ring (bicyclic) bond motifs is 3. The Morgan fingerprint density at radius 2 is 2.00 bits per heavy atom. The second kappa shape index (κ2) is 7.69. The summed E-state index contributed by atoms with van der Waals surface area (Å²) in [6.45, 7) is 5.89. The van der Waals surface area contributed by atoms with E-state index in [-0.39, 0.29) is 17.6 Å². The second-order valence-electron chi connectivity index (χ2n) is 9.11. The molecule has 0 spiro atoms. The number of esters is 1. The molecule has 4 heterocycles. The molecule has 7 nitrogen and oxygen atoms in total. The van der Waals surface area contributed by atoms with Gasteiger partial charge in [-0.05, 0) is 49.7 Å². The summed E-state index contributed by atoms with van der Waals surface area (Å²) in [7, 11) is 0. The maximum absolute atomic E-state index is 13.1. The van der Waals surface area contributed by atoms with Gasteiger partial charge in [-0.15, -0.1) is 0 Å². The van der Waals surface area contributed by atoms with E-state index in [2.05, 4.69) is 15.1 Å². The molecule has 3 aliphatic heterocycles. The first kappa shape index (κ1) is 19.9. The Kier molecular flexibility index (Phi) is 4.78. The molecule has 0 aliphatic carbocycles. The van der Waals surface area contributed by atoms with Crippen molar-refractivity contribution in [2.24, 2.45) is 0 Å². The van der Waals surface area contributed by atoms with Crippen LogP contribution in [-0.2, 0) is 9.53 Å². The largest absolute Gasteiger partial charge is 0.456 e. The van der Waals surface area contributed by atoms with E-state index < -0.39 is 5.92 Å². The van der Waals surface area contributed by atoms with Crippen LogP contribution in [0.1, 0.15) is 31.2 Å². The smallest absolute Gasteiger partial charge is 0.314 e. The van der Waals surface area contributed by atoms with Gasteiger partial charge in [0.05, 0.1) is 28.9 Å². The Labute approximate surface area is 185 Å². The van der Waals surface area contributed by atoms with Gasteiger partial charge in [0.2, 0.25) is 5.43 Å². The topological polar surface area (TPSA) is 74.8 Å². The summed E-state index contributed by atoms with van der Waals surface area (Å²) in [5.41, 5.74) is 1.78. The number of hydrogen-bond donors (Lipinski definition) is 1. The molecule has 0 radical (unpaired) electrons. The van der Waals surface area contributed by atoms with Crippen LogP contribution in [0.25, 0.3) is 21.9 Å². The van der Waals surface area contributed by atoms with E-state index in [1.165, 1.54) is 0 Å². The number of nitrogens with one attached hydrogen (secondary N) is 1. The van der Waals surface area contributed by atoms with Gasteiger partial charge in [0, 0.05) is 26.1 Å². The molecular formula is C25H27N3O4. The van der Waals surface area contributed by atoms with Gasteiger partial charge in [0.25, 0.3) is 0 Å². The summed E-state index contributed by atoms with van der Waals surface area (Å²) in [6, 6.07) is 13.0. The average molecular weight is 434 g/mol. The number of carbonyl (C=O) groups excluding carboxylic acids is 1. The number of para-hydroxylation sites is 1. The molecule has 5 atom stereocenters. The van der Waals surface area contributed by atoms with Crippen LogP contribution in [0.15, 0.2) is 51.7 Å². The van der Waals surface area contributed by atoms with E-state index >= 15 is 0 Å². The maximum Gasteiger partial charge on any atom is 0.314 e. The number of rotatable bonds is 3. The summed E-state index contributed by atoms with van der Waals surface area (Å²) >= 11 is 0. The van der Waals surface area contributed by atoms with Crippen molar-refractivity contribution in [3.63, 3.8) is 0 Å². The lowest BCUT2D eigenvalue weighted by atomic mass is 9.99. The summed E-state index contributed by atoms with van der Waals surface area (Å²) in [5.74, 6) is -0.714.